The standard InChI is InChI=1S/C25H29N3O2/c1-16-6-7-18(14-17(16)2)15-28-21(12-13-22(28)29)24-26-23(27-30-24)19-8-10-20(11-9-19)25(3,4)5/h6-11,14,21H,12-13,15H2,1-5H3. The molecule has 1 fully saturated rings. The van der Waals surface area contributed by atoms with E-state index in [1.54, 1.807) is 0 Å². The summed E-state index contributed by atoms with van der Waals surface area (Å²) in [6.07, 6.45) is 1.21. The predicted octanol–water partition coefficient (Wildman–Crippen LogP) is 5.51. The van der Waals surface area contributed by atoms with Gasteiger partial charge in [0.05, 0.1) is 0 Å². The molecule has 1 unspecified atom stereocenters. The number of aryl methyl sites for hydroxylation is 2. The Labute approximate surface area is 178 Å². The molecule has 30 heavy (non-hydrogen) atoms. The normalized spacial score (nSPS) is 17.0. The second kappa shape index (κ2) is 7.71. The van der Waals surface area contributed by atoms with Crippen molar-refractivity contribution in [2.45, 2.75) is 65.5 Å². The highest BCUT2D eigenvalue weighted by Crippen LogP contribution is 2.34. The van der Waals surface area contributed by atoms with Crippen molar-refractivity contribution < 1.29 is 9.32 Å². The summed E-state index contributed by atoms with van der Waals surface area (Å²) in [5.41, 5.74) is 5.88. The third kappa shape index (κ3) is 4.02. The minimum absolute atomic E-state index is 0.0972. The van der Waals surface area contributed by atoms with Gasteiger partial charge >= 0.3 is 0 Å². The molecule has 0 radical (unpaired) electrons. The zero-order valence-corrected chi connectivity index (χ0v) is 18.4. The molecule has 1 aliphatic rings. The van der Waals surface area contributed by atoms with Crippen LogP contribution in [-0.4, -0.2) is 20.9 Å². The van der Waals surface area contributed by atoms with Crippen LogP contribution in [0, 0.1) is 13.8 Å². The smallest absolute Gasteiger partial charge is 0.249 e. The molecule has 0 N–H and O–H groups in total. The highest BCUT2D eigenvalue weighted by molar-refractivity contribution is 5.78. The van der Waals surface area contributed by atoms with Crippen LogP contribution in [0.2, 0.25) is 0 Å². The van der Waals surface area contributed by atoms with Crippen LogP contribution >= 0.6 is 0 Å². The molecular weight excluding hydrogens is 374 g/mol. The fourth-order valence-corrected chi connectivity index (χ4v) is 3.89. The Morgan fingerprint density at radius 3 is 2.47 bits per heavy atom. The van der Waals surface area contributed by atoms with Gasteiger partial charge in [-0.3, -0.25) is 4.79 Å². The van der Waals surface area contributed by atoms with E-state index in [2.05, 4.69) is 75.1 Å². The van der Waals surface area contributed by atoms with Crippen molar-refractivity contribution >= 4 is 5.91 Å². The predicted molar refractivity (Wildman–Crippen MR) is 117 cm³/mol. The van der Waals surface area contributed by atoms with Gasteiger partial charge in [-0.05, 0) is 47.9 Å². The van der Waals surface area contributed by atoms with E-state index in [9.17, 15) is 4.79 Å². The quantitative estimate of drug-likeness (QED) is 0.576. The molecule has 0 saturated carbocycles. The van der Waals surface area contributed by atoms with Crippen LogP contribution in [-0.2, 0) is 16.8 Å². The highest BCUT2D eigenvalue weighted by atomic mass is 16.5. The van der Waals surface area contributed by atoms with Crippen molar-refractivity contribution in [3.05, 3.63) is 70.6 Å². The van der Waals surface area contributed by atoms with Crippen molar-refractivity contribution in [3.63, 3.8) is 0 Å². The van der Waals surface area contributed by atoms with Crippen molar-refractivity contribution in [3.8, 4) is 11.4 Å². The first-order chi connectivity index (χ1) is 14.2. The highest BCUT2D eigenvalue weighted by Gasteiger charge is 2.36. The maximum Gasteiger partial charge on any atom is 0.249 e. The minimum Gasteiger partial charge on any atom is -0.337 e. The molecule has 0 aliphatic carbocycles. The Bertz CT molecular complexity index is 1060. The van der Waals surface area contributed by atoms with Gasteiger partial charge in [-0.1, -0.05) is 68.4 Å². The number of carbonyl (C=O) groups is 1. The molecule has 2 aromatic carbocycles. The van der Waals surface area contributed by atoms with Crippen molar-refractivity contribution in [2.75, 3.05) is 0 Å². The zero-order chi connectivity index (χ0) is 21.5. The van der Waals surface area contributed by atoms with E-state index in [0.29, 0.717) is 31.1 Å². The van der Waals surface area contributed by atoms with E-state index >= 15 is 0 Å². The molecule has 0 spiro atoms. The summed E-state index contributed by atoms with van der Waals surface area (Å²) >= 11 is 0. The minimum atomic E-state index is -0.172. The Morgan fingerprint density at radius 2 is 1.80 bits per heavy atom. The third-order valence-electron chi connectivity index (χ3n) is 5.99. The largest absolute Gasteiger partial charge is 0.337 e. The number of likely N-dealkylation sites (tertiary alicyclic amines) is 1. The van der Waals surface area contributed by atoms with Gasteiger partial charge in [0.2, 0.25) is 17.6 Å². The Balaban J connectivity index is 1.55. The zero-order valence-electron chi connectivity index (χ0n) is 18.4. The van der Waals surface area contributed by atoms with Crippen LogP contribution in [0.4, 0.5) is 0 Å². The summed E-state index contributed by atoms with van der Waals surface area (Å²) in [7, 11) is 0. The van der Waals surface area contributed by atoms with Crippen molar-refractivity contribution in [2.24, 2.45) is 0 Å². The van der Waals surface area contributed by atoms with E-state index in [1.807, 2.05) is 17.0 Å². The van der Waals surface area contributed by atoms with Crippen LogP contribution in [0.3, 0.4) is 0 Å². The van der Waals surface area contributed by atoms with Gasteiger partial charge in [0.1, 0.15) is 6.04 Å². The van der Waals surface area contributed by atoms with Crippen LogP contribution in [0.25, 0.3) is 11.4 Å². The maximum atomic E-state index is 12.6. The molecule has 1 amide bonds. The van der Waals surface area contributed by atoms with Crippen LogP contribution in [0.1, 0.15) is 67.8 Å². The molecule has 156 valence electrons. The second-order valence-electron chi connectivity index (χ2n) is 9.28. The summed E-state index contributed by atoms with van der Waals surface area (Å²) in [4.78, 5) is 19.1. The van der Waals surface area contributed by atoms with E-state index < -0.39 is 0 Å². The molecule has 1 saturated heterocycles. The van der Waals surface area contributed by atoms with E-state index in [1.165, 1.54) is 16.7 Å². The summed E-state index contributed by atoms with van der Waals surface area (Å²) in [6.45, 7) is 11.3. The number of carbonyl (C=O) groups excluding carboxylic acids is 1. The Morgan fingerprint density at radius 1 is 1.07 bits per heavy atom. The summed E-state index contributed by atoms with van der Waals surface area (Å²) < 4.78 is 5.60. The molecule has 3 aromatic rings. The van der Waals surface area contributed by atoms with Crippen molar-refractivity contribution in [1.82, 2.24) is 15.0 Å². The average molecular weight is 404 g/mol. The van der Waals surface area contributed by atoms with Gasteiger partial charge in [0.15, 0.2) is 0 Å². The monoisotopic (exact) mass is 403 g/mol. The first-order valence-electron chi connectivity index (χ1n) is 10.5. The van der Waals surface area contributed by atoms with Crippen LogP contribution in [0.5, 0.6) is 0 Å². The summed E-state index contributed by atoms with van der Waals surface area (Å²) in [5, 5.41) is 4.19. The molecule has 4 rings (SSSR count). The topological polar surface area (TPSA) is 59.2 Å². The lowest BCUT2D eigenvalue weighted by Gasteiger charge is -2.22. The summed E-state index contributed by atoms with van der Waals surface area (Å²) in [6, 6.07) is 14.4. The lowest BCUT2D eigenvalue weighted by molar-refractivity contribution is -0.129. The van der Waals surface area contributed by atoms with Gasteiger partial charge in [-0.2, -0.15) is 4.98 Å². The number of hydrogen-bond acceptors (Lipinski definition) is 4. The SMILES string of the molecule is Cc1ccc(CN2C(=O)CCC2c2nc(-c3ccc(C(C)(C)C)cc3)no2)cc1C. The second-order valence-corrected chi connectivity index (χ2v) is 9.28. The molecule has 0 bridgehead atoms. The van der Waals surface area contributed by atoms with Gasteiger partial charge in [-0.15, -0.1) is 0 Å². The third-order valence-corrected chi connectivity index (χ3v) is 5.99. The molecule has 2 heterocycles. The maximum absolute atomic E-state index is 12.6. The molecule has 5 heteroatoms. The molecule has 1 atom stereocenters. The van der Waals surface area contributed by atoms with Gasteiger partial charge in [-0.25, -0.2) is 0 Å². The van der Waals surface area contributed by atoms with Crippen LogP contribution < -0.4 is 0 Å². The van der Waals surface area contributed by atoms with Crippen molar-refractivity contribution in [1.29, 1.82) is 0 Å². The fourth-order valence-electron chi connectivity index (χ4n) is 3.89. The lowest BCUT2D eigenvalue weighted by Crippen LogP contribution is -2.27. The number of benzene rings is 2. The van der Waals surface area contributed by atoms with Gasteiger partial charge in [0, 0.05) is 18.5 Å². The molecular formula is C25H29N3O2. The van der Waals surface area contributed by atoms with Gasteiger partial charge in [0.25, 0.3) is 0 Å². The van der Waals surface area contributed by atoms with E-state index in [4.69, 9.17) is 4.52 Å². The first-order valence-corrected chi connectivity index (χ1v) is 10.5. The Hall–Kier alpha value is -2.95. The average Bonchev–Trinajstić information content (AvgIpc) is 3.32. The Kier molecular flexibility index (Phi) is 5.22. The molecule has 1 aliphatic heterocycles. The number of rotatable bonds is 4. The lowest BCUT2D eigenvalue weighted by atomic mass is 9.87. The van der Waals surface area contributed by atoms with Gasteiger partial charge < -0.3 is 9.42 Å². The van der Waals surface area contributed by atoms with E-state index in [0.717, 1.165) is 11.1 Å². The molecule has 1 aromatic heterocycles. The summed E-state index contributed by atoms with van der Waals surface area (Å²) in [5.74, 6) is 1.21. The van der Waals surface area contributed by atoms with Crippen LogP contribution in [0.15, 0.2) is 47.0 Å². The fraction of sp³-hybridized carbons (Fsp3) is 0.400. The number of amides is 1. The number of aromatic nitrogens is 2. The number of hydrogen-bond donors (Lipinski definition) is 0. The number of nitrogens with zero attached hydrogens (tertiary/aromatic N) is 3. The van der Waals surface area contributed by atoms with E-state index in [-0.39, 0.29) is 17.4 Å². The first kappa shape index (κ1) is 20.3. The molecule has 5 nitrogen and oxygen atoms in total.